The van der Waals surface area contributed by atoms with Crippen LogP contribution in [-0.2, 0) is 9.53 Å². The number of allylic oxidation sites excluding steroid dienone is 2. The molecule has 0 aromatic heterocycles. The molecule has 2 N–H and O–H groups in total. The van der Waals surface area contributed by atoms with E-state index in [2.05, 4.69) is 11.1 Å². The van der Waals surface area contributed by atoms with Crippen LogP contribution in [0.3, 0.4) is 0 Å². The lowest BCUT2D eigenvalue weighted by atomic mass is 9.94. The van der Waals surface area contributed by atoms with Crippen LogP contribution in [-0.4, -0.2) is 22.6 Å². The van der Waals surface area contributed by atoms with Crippen molar-refractivity contribution < 1.29 is 9.53 Å². The molecule has 8 heteroatoms. The van der Waals surface area contributed by atoms with Gasteiger partial charge in [0.15, 0.2) is 5.17 Å². The van der Waals surface area contributed by atoms with E-state index in [1.165, 1.54) is 11.8 Å². The lowest BCUT2D eigenvalue weighted by molar-refractivity contribution is -0.139. The molecule has 0 unspecified atom stereocenters. The van der Waals surface area contributed by atoms with Crippen LogP contribution in [0.15, 0.2) is 51.3 Å². The van der Waals surface area contributed by atoms with E-state index in [0.29, 0.717) is 31.9 Å². The summed E-state index contributed by atoms with van der Waals surface area (Å²) in [6.07, 6.45) is 0. The van der Waals surface area contributed by atoms with Gasteiger partial charge in [0, 0.05) is 5.02 Å². The molecule has 0 aliphatic carbocycles. The number of rotatable bonds is 3. The fourth-order valence-electron chi connectivity index (χ4n) is 2.80. The average molecular weight is 375 g/mol. The second-order valence-electron chi connectivity index (χ2n) is 5.34. The molecule has 0 spiro atoms. The van der Waals surface area contributed by atoms with Crippen LogP contribution in [0.5, 0.6) is 0 Å². The Hall–Kier alpha value is -2.43. The second kappa shape index (κ2) is 6.82. The summed E-state index contributed by atoms with van der Waals surface area (Å²) < 4.78 is 5.22. The maximum atomic E-state index is 12.6. The number of hydrogen-bond acceptors (Lipinski definition) is 7. The number of nitriles is 1. The zero-order valence-electron chi connectivity index (χ0n) is 13.6. The van der Waals surface area contributed by atoms with E-state index in [9.17, 15) is 10.1 Å². The van der Waals surface area contributed by atoms with Gasteiger partial charge in [0.05, 0.1) is 23.9 Å². The number of carbonyl (C=O) groups is 1. The number of thioether (sulfide) groups is 1. The van der Waals surface area contributed by atoms with Gasteiger partial charge in [-0.2, -0.15) is 5.26 Å². The molecule has 0 bridgehead atoms. The Balaban J connectivity index is 2.22. The van der Waals surface area contributed by atoms with Gasteiger partial charge in [-0.15, -0.1) is 0 Å². The van der Waals surface area contributed by atoms with E-state index in [1.807, 2.05) is 18.2 Å². The van der Waals surface area contributed by atoms with Crippen molar-refractivity contribution in [1.29, 1.82) is 5.26 Å². The van der Waals surface area contributed by atoms with Crippen molar-refractivity contribution >= 4 is 34.5 Å². The summed E-state index contributed by atoms with van der Waals surface area (Å²) in [4.78, 5) is 19.1. The number of fused-ring (bicyclic) bond motifs is 1. The summed E-state index contributed by atoms with van der Waals surface area (Å²) in [7, 11) is 0. The van der Waals surface area contributed by atoms with Crippen molar-refractivity contribution in [1.82, 2.24) is 4.90 Å². The summed E-state index contributed by atoms with van der Waals surface area (Å²) in [6, 6.07) is 8.68. The first kappa shape index (κ1) is 17.4. The number of hydrogen-bond donors (Lipinski definition) is 1. The zero-order valence-corrected chi connectivity index (χ0v) is 15.2. The Bertz CT molecular complexity index is 885. The molecule has 0 saturated heterocycles. The maximum Gasteiger partial charge on any atom is 0.338 e. The number of carbonyl (C=O) groups excluding carboxylic acids is 1. The summed E-state index contributed by atoms with van der Waals surface area (Å²) in [5, 5.41) is 10.3. The minimum absolute atomic E-state index is 0.241. The molecule has 25 heavy (non-hydrogen) atoms. The molecule has 6 nitrogen and oxygen atoms in total. The maximum absolute atomic E-state index is 12.6. The van der Waals surface area contributed by atoms with Crippen LogP contribution in [0, 0.1) is 11.3 Å². The summed E-state index contributed by atoms with van der Waals surface area (Å²) in [6.45, 7) is 3.72. The summed E-state index contributed by atoms with van der Waals surface area (Å²) in [5.41, 5.74) is 7.75. The Morgan fingerprint density at radius 1 is 1.52 bits per heavy atom. The molecule has 2 heterocycles. The van der Waals surface area contributed by atoms with Crippen LogP contribution < -0.4 is 5.73 Å². The molecule has 1 aromatic rings. The quantitative estimate of drug-likeness (QED) is 0.816. The van der Waals surface area contributed by atoms with Crippen LogP contribution in [0.2, 0.25) is 5.02 Å². The number of benzene rings is 1. The highest BCUT2D eigenvalue weighted by Gasteiger charge is 2.43. The van der Waals surface area contributed by atoms with E-state index in [4.69, 9.17) is 22.1 Å². The fraction of sp³-hybridized carbons (Fsp3) is 0.235. The molecule has 0 radical (unpaired) electrons. The highest BCUT2D eigenvalue weighted by atomic mass is 35.5. The van der Waals surface area contributed by atoms with Crippen molar-refractivity contribution in [3.05, 3.63) is 56.8 Å². The highest BCUT2D eigenvalue weighted by molar-refractivity contribution is 8.17. The minimum atomic E-state index is -0.599. The molecular formula is C17H15ClN4O2S. The Labute approximate surface area is 154 Å². The third kappa shape index (κ3) is 2.88. The molecule has 1 aromatic carbocycles. The van der Waals surface area contributed by atoms with Gasteiger partial charge in [-0.1, -0.05) is 29.8 Å². The van der Waals surface area contributed by atoms with Gasteiger partial charge in [0.1, 0.15) is 16.8 Å². The number of amidine groups is 1. The van der Waals surface area contributed by atoms with Gasteiger partial charge < -0.3 is 10.5 Å². The minimum Gasteiger partial charge on any atom is -0.463 e. The van der Waals surface area contributed by atoms with Gasteiger partial charge in [-0.05, 0) is 37.2 Å². The smallest absolute Gasteiger partial charge is 0.338 e. The van der Waals surface area contributed by atoms with Crippen LogP contribution >= 0.6 is 23.4 Å². The number of esters is 1. The predicted octanol–water partition coefficient (Wildman–Crippen LogP) is 3.29. The molecule has 3 rings (SSSR count). The van der Waals surface area contributed by atoms with Crippen molar-refractivity contribution in [2.75, 3.05) is 6.61 Å². The number of halogens is 1. The molecule has 0 amide bonds. The lowest BCUT2D eigenvalue weighted by Crippen LogP contribution is -2.38. The van der Waals surface area contributed by atoms with Crippen molar-refractivity contribution in [2.45, 2.75) is 19.9 Å². The molecule has 1 atom stereocenters. The highest BCUT2D eigenvalue weighted by Crippen LogP contribution is 2.46. The predicted molar refractivity (Wildman–Crippen MR) is 97.2 cm³/mol. The third-order valence-corrected chi connectivity index (χ3v) is 5.19. The molecule has 2 aliphatic heterocycles. The first-order valence-electron chi connectivity index (χ1n) is 7.57. The monoisotopic (exact) mass is 374 g/mol. The lowest BCUT2D eigenvalue weighted by Gasteiger charge is -2.35. The normalized spacial score (nSPS) is 19.5. The topological polar surface area (TPSA) is 91.7 Å². The van der Waals surface area contributed by atoms with Crippen LogP contribution in [0.1, 0.15) is 25.5 Å². The molecule has 2 aliphatic rings. The van der Waals surface area contributed by atoms with E-state index < -0.39 is 12.0 Å². The van der Waals surface area contributed by atoms with Gasteiger partial charge in [-0.3, -0.25) is 4.90 Å². The van der Waals surface area contributed by atoms with E-state index in [-0.39, 0.29) is 12.4 Å². The average Bonchev–Trinajstić information content (AvgIpc) is 2.90. The number of nitrogens with two attached hydrogens (primary N) is 1. The standard InChI is InChI=1S/C17H15ClN4O2S/c1-3-24-16(23)13-9(2)21-17-22(15(20)12(8-19)25-17)14(13)10-6-4-5-7-11(10)18/h4-7,14H,3,20H2,1-2H3/t14-/m0/s1. The van der Waals surface area contributed by atoms with Gasteiger partial charge in [-0.25, -0.2) is 9.79 Å². The van der Waals surface area contributed by atoms with Gasteiger partial charge in [0.2, 0.25) is 0 Å². The first-order valence-corrected chi connectivity index (χ1v) is 8.77. The third-order valence-electron chi connectivity index (χ3n) is 3.87. The number of ether oxygens (including phenoxy) is 1. The molecule has 128 valence electrons. The van der Waals surface area contributed by atoms with E-state index in [0.717, 1.165) is 0 Å². The van der Waals surface area contributed by atoms with Crippen molar-refractivity contribution in [2.24, 2.45) is 10.7 Å². The first-order chi connectivity index (χ1) is 12.0. The summed E-state index contributed by atoms with van der Waals surface area (Å²) in [5.74, 6) is -0.221. The SMILES string of the molecule is CCOC(=O)C1=C(C)N=C2SC(C#N)=C(N)N2[C@H]1c1ccccc1Cl. The summed E-state index contributed by atoms with van der Waals surface area (Å²) >= 11 is 7.57. The van der Waals surface area contributed by atoms with Gasteiger partial charge >= 0.3 is 5.97 Å². The molecule has 0 saturated carbocycles. The van der Waals surface area contributed by atoms with E-state index >= 15 is 0 Å². The van der Waals surface area contributed by atoms with E-state index in [1.54, 1.807) is 24.8 Å². The van der Waals surface area contributed by atoms with Crippen LogP contribution in [0.25, 0.3) is 0 Å². The van der Waals surface area contributed by atoms with Crippen molar-refractivity contribution in [3.8, 4) is 6.07 Å². The molecule has 0 fully saturated rings. The number of aliphatic imine (C=N–C) groups is 1. The Kier molecular flexibility index (Phi) is 4.75. The second-order valence-corrected chi connectivity index (χ2v) is 6.72. The van der Waals surface area contributed by atoms with Gasteiger partial charge in [0.25, 0.3) is 0 Å². The van der Waals surface area contributed by atoms with Crippen molar-refractivity contribution in [3.63, 3.8) is 0 Å². The van der Waals surface area contributed by atoms with Crippen LogP contribution in [0.4, 0.5) is 0 Å². The Morgan fingerprint density at radius 3 is 2.88 bits per heavy atom. The molecular weight excluding hydrogens is 360 g/mol. The zero-order chi connectivity index (χ0) is 18.1. The largest absolute Gasteiger partial charge is 0.463 e. The number of nitrogens with zero attached hydrogens (tertiary/aromatic N) is 3. The Morgan fingerprint density at radius 2 is 2.24 bits per heavy atom. The fourth-order valence-corrected chi connectivity index (χ4v) is 3.96.